The Balaban J connectivity index is -0.0000000921. The molecule has 0 aliphatic carbocycles. The highest BCUT2D eigenvalue weighted by atomic mass is 16.4. The van der Waals surface area contributed by atoms with Gasteiger partial charge in [0.05, 0.1) is 12.7 Å². The van der Waals surface area contributed by atoms with Crippen LogP contribution in [-0.2, 0) is 14.4 Å². The molecule has 1 atom stereocenters. The molecule has 0 amide bonds. The third-order valence-corrected chi connectivity index (χ3v) is 0.979. The molecule has 0 heterocycles. The Morgan fingerprint density at radius 1 is 1.05 bits per heavy atom. The van der Waals surface area contributed by atoms with Crippen LogP contribution in [0.15, 0.2) is 37.5 Å². The molecule has 0 saturated heterocycles. The molecule has 0 saturated carbocycles. The molecule has 8 heteroatoms. The molecule has 1 unspecified atom stereocenters. The second kappa shape index (κ2) is 19.9. The van der Waals surface area contributed by atoms with Crippen LogP contribution in [0.3, 0.4) is 0 Å². The second-order valence-electron chi connectivity index (χ2n) is 3.20. The first-order valence-corrected chi connectivity index (χ1v) is 5.34. The number of aliphatic hydroxyl groups excluding tert-OH is 2. The van der Waals surface area contributed by atoms with Crippen LogP contribution < -0.4 is 0 Å². The van der Waals surface area contributed by atoms with Crippen LogP contribution in [0.25, 0.3) is 0 Å². The molecule has 0 aliphatic heterocycles. The van der Waals surface area contributed by atoms with E-state index in [2.05, 4.69) is 19.7 Å². The largest absolute Gasteiger partial charge is 0.478 e. The molecule has 0 rings (SSSR count). The predicted octanol–water partition coefficient (Wildman–Crippen LogP) is 0.521. The van der Waals surface area contributed by atoms with E-state index < -0.39 is 24.0 Å². The molecule has 0 bridgehead atoms. The lowest BCUT2D eigenvalue weighted by Gasteiger charge is -1.90. The van der Waals surface area contributed by atoms with E-state index >= 15 is 0 Å². The Morgan fingerprint density at radius 2 is 1.19 bits per heavy atom. The van der Waals surface area contributed by atoms with Gasteiger partial charge >= 0.3 is 17.9 Å². The van der Waals surface area contributed by atoms with Gasteiger partial charge in [-0.1, -0.05) is 19.7 Å². The van der Waals surface area contributed by atoms with Gasteiger partial charge in [-0.25, -0.2) is 14.4 Å². The molecule has 21 heavy (non-hydrogen) atoms. The molecule has 8 nitrogen and oxygen atoms in total. The number of hydrogen-bond donors (Lipinski definition) is 5. The summed E-state index contributed by atoms with van der Waals surface area (Å²) in [7, 11) is 0. The Hall–Kier alpha value is -2.45. The Bertz CT molecular complexity index is 314. The van der Waals surface area contributed by atoms with Crippen molar-refractivity contribution in [2.75, 3.05) is 6.61 Å². The van der Waals surface area contributed by atoms with Gasteiger partial charge in [-0.2, -0.15) is 0 Å². The van der Waals surface area contributed by atoms with E-state index in [-0.39, 0.29) is 12.2 Å². The van der Waals surface area contributed by atoms with Gasteiger partial charge in [-0.05, 0) is 13.8 Å². The maximum Gasteiger partial charge on any atom is 0.330 e. The topological polar surface area (TPSA) is 152 Å². The first-order chi connectivity index (χ1) is 9.45. The van der Waals surface area contributed by atoms with E-state index in [0.717, 1.165) is 12.2 Å². The van der Waals surface area contributed by atoms with Crippen LogP contribution in [0.2, 0.25) is 0 Å². The van der Waals surface area contributed by atoms with Gasteiger partial charge in [-0.15, -0.1) is 0 Å². The molecule has 0 aromatic heterocycles. The number of carboxylic acid groups (broad SMARTS) is 3. The van der Waals surface area contributed by atoms with Crippen LogP contribution >= 0.6 is 0 Å². The average Bonchev–Trinajstić information content (AvgIpc) is 2.40. The lowest BCUT2D eigenvalue weighted by Crippen LogP contribution is -2.03. The maximum atomic E-state index is 9.60. The van der Waals surface area contributed by atoms with Crippen molar-refractivity contribution >= 4 is 17.9 Å². The molecular weight excluding hydrogens is 284 g/mol. The minimum absolute atomic E-state index is 0.139. The van der Waals surface area contributed by atoms with E-state index in [0.29, 0.717) is 0 Å². The van der Waals surface area contributed by atoms with Gasteiger partial charge in [0.25, 0.3) is 0 Å². The summed E-state index contributed by atoms with van der Waals surface area (Å²) in [6.07, 6.45) is 1.11. The van der Waals surface area contributed by atoms with Crippen molar-refractivity contribution in [1.29, 1.82) is 0 Å². The summed E-state index contributed by atoms with van der Waals surface area (Å²) in [5, 5.41) is 39.1. The van der Waals surface area contributed by atoms with Crippen LogP contribution in [-0.4, -0.2) is 56.2 Å². The van der Waals surface area contributed by atoms with E-state index in [1.54, 1.807) is 0 Å². The summed E-state index contributed by atoms with van der Waals surface area (Å²) >= 11 is 0. The summed E-state index contributed by atoms with van der Waals surface area (Å²) in [6.45, 7) is 11.9. The summed E-state index contributed by atoms with van der Waals surface area (Å²) in [5.41, 5.74) is 0.176. The Labute approximate surface area is 123 Å². The normalized spacial score (nSPS) is 8.76. The van der Waals surface area contributed by atoms with Crippen molar-refractivity contribution in [3.63, 3.8) is 0 Å². The lowest BCUT2D eigenvalue weighted by atomic mass is 10.4. The van der Waals surface area contributed by atoms with Gasteiger partial charge < -0.3 is 25.5 Å². The van der Waals surface area contributed by atoms with Crippen molar-refractivity contribution in [2.24, 2.45) is 0 Å². The van der Waals surface area contributed by atoms with Crippen LogP contribution in [0.5, 0.6) is 0 Å². The molecule has 0 aliphatic rings. The Morgan fingerprint density at radius 3 is 1.19 bits per heavy atom. The van der Waals surface area contributed by atoms with E-state index in [1.165, 1.54) is 13.8 Å². The van der Waals surface area contributed by atoms with Crippen molar-refractivity contribution in [1.82, 2.24) is 0 Å². The van der Waals surface area contributed by atoms with Gasteiger partial charge in [0, 0.05) is 17.7 Å². The Kier molecular flexibility index (Phi) is 25.5. The maximum absolute atomic E-state index is 9.60. The fraction of sp³-hybridized carbons (Fsp3) is 0.308. The van der Waals surface area contributed by atoms with Gasteiger partial charge in [0.2, 0.25) is 0 Å². The van der Waals surface area contributed by atoms with Crippen LogP contribution in [0.1, 0.15) is 13.8 Å². The predicted molar refractivity (Wildman–Crippen MR) is 76.9 cm³/mol. The molecule has 0 aromatic rings. The molecule has 0 aromatic carbocycles. The fourth-order valence-corrected chi connectivity index (χ4v) is 0. The van der Waals surface area contributed by atoms with Gasteiger partial charge in [-0.3, -0.25) is 0 Å². The molecule has 0 spiro atoms. The molecule has 122 valence electrons. The number of aliphatic carboxylic acids is 3. The zero-order valence-electron chi connectivity index (χ0n) is 12.0. The van der Waals surface area contributed by atoms with Gasteiger partial charge in [0.1, 0.15) is 0 Å². The van der Waals surface area contributed by atoms with Crippen molar-refractivity contribution in [3.8, 4) is 0 Å². The quantitative estimate of drug-likeness (QED) is 0.471. The zero-order valence-corrected chi connectivity index (χ0v) is 12.0. The van der Waals surface area contributed by atoms with E-state index in [4.69, 9.17) is 25.5 Å². The van der Waals surface area contributed by atoms with Gasteiger partial charge in [0.15, 0.2) is 0 Å². The van der Waals surface area contributed by atoms with Crippen molar-refractivity contribution in [2.45, 2.75) is 20.0 Å². The average molecular weight is 306 g/mol. The summed E-state index contributed by atoms with van der Waals surface area (Å²) in [6, 6.07) is 0. The summed E-state index contributed by atoms with van der Waals surface area (Å²) in [4.78, 5) is 28.1. The van der Waals surface area contributed by atoms with E-state index in [1.807, 2.05) is 0 Å². The molecule has 0 radical (unpaired) electrons. The first-order valence-electron chi connectivity index (χ1n) is 5.34. The highest BCUT2D eigenvalue weighted by Gasteiger charge is 1.90. The highest BCUT2D eigenvalue weighted by molar-refractivity contribution is 5.84. The smallest absolute Gasteiger partial charge is 0.330 e. The molecular formula is C13H22O8. The SMILES string of the molecule is C=C(C)C(=O)O.C=CC(=O)O.C=CC(=O)O.CC(O)CO. The van der Waals surface area contributed by atoms with Crippen LogP contribution in [0.4, 0.5) is 0 Å². The van der Waals surface area contributed by atoms with Crippen molar-refractivity contribution in [3.05, 3.63) is 37.5 Å². The molecule has 0 fully saturated rings. The van der Waals surface area contributed by atoms with Crippen molar-refractivity contribution < 1.29 is 39.9 Å². The minimum atomic E-state index is -0.981. The number of aliphatic hydroxyl groups is 2. The standard InChI is InChI=1S/C4H6O2.C3H8O2.2C3H4O2/c1-3(2)4(5)6;1-3(5)2-4;2*1-2-3(4)5/h1H2,2H3,(H,5,6);3-5H,2H2,1H3;2*2H,1H2,(H,4,5). The number of carbonyl (C=O) groups is 3. The third kappa shape index (κ3) is 74.4. The third-order valence-electron chi connectivity index (χ3n) is 0.979. The first kappa shape index (κ1) is 27.0. The van der Waals surface area contributed by atoms with Crippen LogP contribution in [0, 0.1) is 0 Å². The highest BCUT2D eigenvalue weighted by Crippen LogP contribution is 1.81. The number of rotatable bonds is 4. The van der Waals surface area contributed by atoms with E-state index in [9.17, 15) is 14.4 Å². The fourth-order valence-electron chi connectivity index (χ4n) is 0. The molecule has 5 N–H and O–H groups in total. The zero-order chi connectivity index (χ0) is 18.0. The summed E-state index contributed by atoms with van der Waals surface area (Å²) < 4.78 is 0. The number of hydrogen-bond acceptors (Lipinski definition) is 5. The lowest BCUT2D eigenvalue weighted by molar-refractivity contribution is -0.133. The summed E-state index contributed by atoms with van der Waals surface area (Å²) in [5.74, 6) is -2.90. The monoisotopic (exact) mass is 306 g/mol. The minimum Gasteiger partial charge on any atom is -0.478 e. The second-order valence-corrected chi connectivity index (χ2v) is 3.20. The number of carboxylic acids is 3.